The van der Waals surface area contributed by atoms with Gasteiger partial charge in [0.25, 0.3) is 0 Å². The van der Waals surface area contributed by atoms with Crippen molar-refractivity contribution < 1.29 is 32.2 Å². The number of aliphatic carboxylic acids is 1. The highest BCUT2D eigenvalue weighted by Gasteiger charge is 2.30. The number of aryl methyl sites for hydroxylation is 1. The zero-order chi connectivity index (χ0) is 29.3. The molecule has 0 aliphatic carbocycles. The summed E-state index contributed by atoms with van der Waals surface area (Å²) < 4.78 is 59.9. The second-order valence-corrected chi connectivity index (χ2v) is 10.9. The van der Waals surface area contributed by atoms with Crippen LogP contribution in [0.4, 0.5) is 17.6 Å². The number of thiazole rings is 1. The Hall–Kier alpha value is -3.89. The molecule has 0 aliphatic rings. The number of rotatable bonds is 9. The van der Waals surface area contributed by atoms with Crippen molar-refractivity contribution in [3.8, 4) is 16.3 Å². The Morgan fingerprint density at radius 2 is 1.88 bits per heavy atom. The first kappa shape index (κ1) is 28.6. The van der Waals surface area contributed by atoms with E-state index in [0.717, 1.165) is 27.9 Å². The average Bonchev–Trinajstić information content (AvgIpc) is 3.52. The number of hydrogen-bond donors (Lipinski definition) is 2. The van der Waals surface area contributed by atoms with Crippen molar-refractivity contribution in [2.75, 3.05) is 0 Å². The van der Waals surface area contributed by atoms with E-state index in [1.54, 1.807) is 30.5 Å². The lowest BCUT2D eigenvalue weighted by molar-refractivity contribution is -0.138. The second kappa shape index (κ2) is 11.5. The minimum absolute atomic E-state index is 0.112. The van der Waals surface area contributed by atoms with Crippen molar-refractivity contribution in [1.29, 1.82) is 0 Å². The predicted octanol–water partition coefficient (Wildman–Crippen LogP) is 8.66. The van der Waals surface area contributed by atoms with Gasteiger partial charge in [-0.1, -0.05) is 29.8 Å². The van der Waals surface area contributed by atoms with Crippen LogP contribution in [0.5, 0.6) is 5.75 Å². The number of halogens is 5. The van der Waals surface area contributed by atoms with Gasteiger partial charge in [0.2, 0.25) is 0 Å². The van der Waals surface area contributed by atoms with Crippen molar-refractivity contribution >= 4 is 39.8 Å². The molecular formula is C30H23ClF4N2O3S. The van der Waals surface area contributed by atoms with Gasteiger partial charge in [-0.2, -0.15) is 13.2 Å². The van der Waals surface area contributed by atoms with Crippen LogP contribution in [0.25, 0.3) is 21.5 Å². The smallest absolute Gasteiger partial charge is 0.416 e. The van der Waals surface area contributed by atoms with Gasteiger partial charge in [-0.05, 0) is 61.7 Å². The van der Waals surface area contributed by atoms with Crippen molar-refractivity contribution in [1.82, 2.24) is 9.97 Å². The molecule has 0 saturated carbocycles. The fourth-order valence-corrected chi connectivity index (χ4v) is 5.96. The van der Waals surface area contributed by atoms with E-state index in [-0.39, 0.29) is 12.8 Å². The summed E-state index contributed by atoms with van der Waals surface area (Å²) >= 11 is 7.52. The van der Waals surface area contributed by atoms with E-state index in [2.05, 4.69) is 4.98 Å². The van der Waals surface area contributed by atoms with E-state index >= 15 is 0 Å². The number of carbonyl (C=O) groups is 1. The highest BCUT2D eigenvalue weighted by molar-refractivity contribution is 7.15. The maximum atomic E-state index is 14.4. The predicted molar refractivity (Wildman–Crippen MR) is 150 cm³/mol. The van der Waals surface area contributed by atoms with Crippen molar-refractivity contribution in [2.45, 2.75) is 38.5 Å². The number of hydrogen-bond acceptors (Lipinski definition) is 4. The van der Waals surface area contributed by atoms with Gasteiger partial charge < -0.3 is 14.8 Å². The van der Waals surface area contributed by atoms with E-state index < -0.39 is 29.6 Å². The molecule has 0 aliphatic heterocycles. The fraction of sp³-hybridized carbons (Fsp3) is 0.200. The van der Waals surface area contributed by atoms with Crippen LogP contribution in [0.2, 0.25) is 5.02 Å². The molecule has 41 heavy (non-hydrogen) atoms. The lowest BCUT2D eigenvalue weighted by atomic mass is 10.1. The molecule has 1 atom stereocenters. The van der Waals surface area contributed by atoms with Gasteiger partial charge in [0, 0.05) is 39.3 Å². The normalized spacial score (nSPS) is 12.5. The van der Waals surface area contributed by atoms with E-state index in [0.29, 0.717) is 44.6 Å². The topological polar surface area (TPSA) is 75.2 Å². The van der Waals surface area contributed by atoms with E-state index in [4.69, 9.17) is 26.4 Å². The van der Waals surface area contributed by atoms with Crippen LogP contribution in [0.15, 0.2) is 66.9 Å². The standard InChI is InChI=1S/C30H23ClF4N2O3S/c1-16(40-20-9-10-21-18(13-27(38)39)15-36-26(21)14-20)28-25(12-11-22-23(31)3-2-4-24(22)32)37-29(41-28)17-5-7-19(8-6-17)30(33,34)35/h2-10,14-16,36H,11-13H2,1H3,(H,38,39)/t16-/m1/s1. The SMILES string of the molecule is C[C@@H](Oc1ccc2c(CC(=O)O)c[nH]c2c1)c1sc(-c2ccc(C(F)(F)F)cc2)nc1CCc1c(F)cccc1Cl. The number of nitrogens with one attached hydrogen (secondary N) is 1. The molecule has 212 valence electrons. The Balaban J connectivity index is 1.45. The number of alkyl halides is 3. The zero-order valence-corrected chi connectivity index (χ0v) is 23.1. The first-order chi connectivity index (χ1) is 19.5. The number of aromatic amines is 1. The molecular weight excluding hydrogens is 580 g/mol. The molecule has 5 rings (SSSR count). The lowest BCUT2D eigenvalue weighted by Gasteiger charge is -2.15. The summed E-state index contributed by atoms with van der Waals surface area (Å²) in [6.45, 7) is 1.83. The maximum Gasteiger partial charge on any atom is 0.416 e. The summed E-state index contributed by atoms with van der Waals surface area (Å²) in [4.78, 5) is 19.7. The third kappa shape index (κ3) is 6.39. The molecule has 3 aromatic carbocycles. The highest BCUT2D eigenvalue weighted by Crippen LogP contribution is 2.37. The van der Waals surface area contributed by atoms with Crippen LogP contribution in [0.1, 0.15) is 40.3 Å². The molecule has 5 aromatic rings. The molecule has 11 heteroatoms. The summed E-state index contributed by atoms with van der Waals surface area (Å²) in [5, 5.41) is 10.7. The number of carboxylic acid groups (broad SMARTS) is 1. The maximum absolute atomic E-state index is 14.4. The van der Waals surface area contributed by atoms with Crippen LogP contribution < -0.4 is 4.74 Å². The summed E-state index contributed by atoms with van der Waals surface area (Å²) in [6.07, 6.45) is -2.82. The molecule has 0 fully saturated rings. The lowest BCUT2D eigenvalue weighted by Crippen LogP contribution is -2.06. The van der Waals surface area contributed by atoms with Crippen LogP contribution in [0, 0.1) is 5.82 Å². The van der Waals surface area contributed by atoms with Crippen LogP contribution in [0.3, 0.4) is 0 Å². The first-order valence-corrected chi connectivity index (χ1v) is 13.8. The Kier molecular flexibility index (Phi) is 8.06. The number of H-pyrrole nitrogens is 1. The van der Waals surface area contributed by atoms with Crippen molar-refractivity contribution in [3.05, 3.63) is 105 Å². The molecule has 2 aromatic heterocycles. The third-order valence-electron chi connectivity index (χ3n) is 6.62. The molecule has 0 unspecified atom stereocenters. The summed E-state index contributed by atoms with van der Waals surface area (Å²) in [5.41, 5.74) is 2.12. The minimum Gasteiger partial charge on any atom is -0.485 e. The molecule has 0 radical (unpaired) electrons. The monoisotopic (exact) mass is 602 g/mol. The second-order valence-electron chi connectivity index (χ2n) is 9.46. The molecule has 2 heterocycles. The zero-order valence-electron chi connectivity index (χ0n) is 21.6. The van der Waals surface area contributed by atoms with E-state index in [9.17, 15) is 22.4 Å². The molecule has 0 amide bonds. The van der Waals surface area contributed by atoms with Gasteiger partial charge in [0.1, 0.15) is 22.7 Å². The van der Waals surface area contributed by atoms with Crippen molar-refractivity contribution in [2.24, 2.45) is 0 Å². The minimum atomic E-state index is -4.45. The summed E-state index contributed by atoms with van der Waals surface area (Å²) in [7, 11) is 0. The Morgan fingerprint density at radius 1 is 1.12 bits per heavy atom. The van der Waals surface area contributed by atoms with Gasteiger partial charge in [0.15, 0.2) is 0 Å². The molecule has 0 spiro atoms. The number of carboxylic acids is 1. The molecule has 2 N–H and O–H groups in total. The molecule has 5 nitrogen and oxygen atoms in total. The Labute approximate surface area is 241 Å². The fourth-order valence-electron chi connectivity index (χ4n) is 4.61. The van der Waals surface area contributed by atoms with Gasteiger partial charge in [-0.25, -0.2) is 9.37 Å². The third-order valence-corrected chi connectivity index (χ3v) is 8.28. The number of aromatic nitrogens is 2. The van der Waals surface area contributed by atoms with Gasteiger partial charge in [-0.3, -0.25) is 4.79 Å². The number of ether oxygens (including phenoxy) is 1. The van der Waals surface area contributed by atoms with Gasteiger partial charge in [0.05, 0.1) is 22.6 Å². The van der Waals surface area contributed by atoms with Crippen molar-refractivity contribution in [3.63, 3.8) is 0 Å². The highest BCUT2D eigenvalue weighted by atomic mass is 35.5. The Morgan fingerprint density at radius 3 is 2.56 bits per heavy atom. The molecule has 0 saturated heterocycles. The number of benzene rings is 3. The largest absolute Gasteiger partial charge is 0.485 e. The average molecular weight is 603 g/mol. The van der Waals surface area contributed by atoms with E-state index in [1.165, 1.54) is 35.6 Å². The van der Waals surface area contributed by atoms with Gasteiger partial charge in [-0.15, -0.1) is 11.3 Å². The Bertz CT molecular complexity index is 1690. The van der Waals surface area contributed by atoms with Gasteiger partial charge >= 0.3 is 12.1 Å². The quantitative estimate of drug-likeness (QED) is 0.166. The van der Waals surface area contributed by atoms with Crippen LogP contribution >= 0.6 is 22.9 Å². The number of nitrogens with zero attached hydrogens (tertiary/aromatic N) is 1. The van der Waals surface area contributed by atoms with Crippen LogP contribution in [-0.4, -0.2) is 21.0 Å². The first-order valence-electron chi connectivity index (χ1n) is 12.6. The summed E-state index contributed by atoms with van der Waals surface area (Å²) in [6, 6.07) is 14.6. The van der Waals surface area contributed by atoms with E-state index in [1.807, 2.05) is 6.92 Å². The molecule has 0 bridgehead atoms. The number of fused-ring (bicyclic) bond motifs is 1. The van der Waals surface area contributed by atoms with Crippen LogP contribution in [-0.2, 0) is 30.2 Å². The summed E-state index contributed by atoms with van der Waals surface area (Å²) in [5.74, 6) is -0.831.